The maximum atomic E-state index is 12.9. The number of rotatable bonds is 7. The molecule has 2 aromatic carbocycles. The van der Waals surface area contributed by atoms with Crippen molar-refractivity contribution in [2.45, 2.75) is 57.1 Å². The number of hydrogen-bond donors (Lipinski definition) is 2. The van der Waals surface area contributed by atoms with Crippen LogP contribution in [-0.4, -0.2) is 53.2 Å². The zero-order chi connectivity index (χ0) is 25.7. The number of piperidine rings is 1. The number of nitrogens with zero attached hydrogens (tertiary/aromatic N) is 1. The lowest BCUT2D eigenvalue weighted by Gasteiger charge is -2.32. The Morgan fingerprint density at radius 3 is 2.44 bits per heavy atom. The number of amides is 2. The third-order valence-corrected chi connectivity index (χ3v) is 7.43. The van der Waals surface area contributed by atoms with E-state index in [2.05, 4.69) is 5.32 Å². The summed E-state index contributed by atoms with van der Waals surface area (Å²) < 4.78 is 5.58. The van der Waals surface area contributed by atoms with Gasteiger partial charge in [-0.3, -0.25) is 4.79 Å². The summed E-state index contributed by atoms with van der Waals surface area (Å²) in [6.45, 7) is 0.777. The summed E-state index contributed by atoms with van der Waals surface area (Å²) in [6, 6.07) is 11.5. The van der Waals surface area contributed by atoms with E-state index < -0.39 is 17.9 Å². The number of hydrogen-bond acceptors (Lipinski definition) is 4. The molecule has 2 N–H and O–H groups in total. The maximum Gasteiger partial charge on any atom is 0.410 e. The molecule has 0 aromatic heterocycles. The van der Waals surface area contributed by atoms with Crippen LogP contribution >= 0.6 is 23.2 Å². The first-order valence-electron chi connectivity index (χ1n) is 12.3. The summed E-state index contributed by atoms with van der Waals surface area (Å²) >= 11 is 12.4. The van der Waals surface area contributed by atoms with E-state index in [1.807, 2.05) is 24.3 Å². The number of carboxylic acids is 1. The highest BCUT2D eigenvalue weighted by Crippen LogP contribution is 2.31. The number of aliphatic carboxylic acids is 1. The molecule has 9 heteroatoms. The van der Waals surface area contributed by atoms with E-state index in [1.165, 1.54) is 0 Å². The van der Waals surface area contributed by atoms with Crippen molar-refractivity contribution in [1.29, 1.82) is 0 Å². The first kappa shape index (κ1) is 26.3. The molecule has 2 fully saturated rings. The molecule has 0 bridgehead atoms. The van der Waals surface area contributed by atoms with Crippen molar-refractivity contribution in [3.63, 3.8) is 0 Å². The fourth-order valence-electron chi connectivity index (χ4n) is 4.84. The van der Waals surface area contributed by atoms with Gasteiger partial charge in [0.05, 0.1) is 5.92 Å². The average molecular weight is 533 g/mol. The first-order chi connectivity index (χ1) is 17.3. The van der Waals surface area contributed by atoms with E-state index in [4.69, 9.17) is 27.9 Å². The van der Waals surface area contributed by atoms with Gasteiger partial charge >= 0.3 is 12.1 Å². The highest BCUT2D eigenvalue weighted by atomic mass is 35.5. The molecule has 1 saturated carbocycles. The molecule has 0 radical (unpaired) electrons. The standard InChI is InChI=1S/C27H30Cl2N2O5/c28-20-11-12-23(29)22(15-20)18-9-7-17(8-10-18)14-24(26(33)34)30-25(32)19-4-3-13-31(16-19)27(35)36-21-5-1-2-6-21/h7-12,15,19,21,24H,1-6,13-14,16H2,(H,30,32)(H,33,34). The van der Waals surface area contributed by atoms with Crippen LogP contribution in [0.3, 0.4) is 0 Å². The van der Waals surface area contributed by atoms with Crippen LogP contribution < -0.4 is 5.32 Å². The molecule has 1 aliphatic carbocycles. The second-order valence-corrected chi connectivity index (χ2v) is 10.3. The van der Waals surface area contributed by atoms with E-state index in [0.717, 1.165) is 42.4 Å². The second-order valence-electron chi connectivity index (χ2n) is 9.50. The molecule has 4 rings (SSSR count). The van der Waals surface area contributed by atoms with Crippen LogP contribution in [0.5, 0.6) is 0 Å². The van der Waals surface area contributed by atoms with Gasteiger partial charge < -0.3 is 20.1 Å². The molecule has 2 unspecified atom stereocenters. The zero-order valence-corrected chi connectivity index (χ0v) is 21.4. The zero-order valence-electron chi connectivity index (χ0n) is 19.9. The Kier molecular flexibility index (Phi) is 8.75. The monoisotopic (exact) mass is 532 g/mol. The normalized spacial score (nSPS) is 19.1. The second kappa shape index (κ2) is 12.0. The fraction of sp³-hybridized carbons (Fsp3) is 0.444. The number of carbonyl (C=O) groups is 3. The van der Waals surface area contributed by atoms with Crippen LogP contribution in [-0.2, 0) is 20.7 Å². The lowest BCUT2D eigenvalue weighted by Crippen LogP contribution is -2.50. The molecule has 192 valence electrons. The van der Waals surface area contributed by atoms with Crippen LogP contribution in [0.25, 0.3) is 11.1 Å². The van der Waals surface area contributed by atoms with E-state index in [9.17, 15) is 19.5 Å². The molecule has 36 heavy (non-hydrogen) atoms. The SMILES string of the molecule is O=C(NC(Cc1ccc(-c2cc(Cl)ccc2Cl)cc1)C(=O)O)C1CCCN(C(=O)OC2CCCC2)C1. The topological polar surface area (TPSA) is 95.9 Å². The molecular formula is C27H30Cl2N2O5. The molecular weight excluding hydrogens is 503 g/mol. The lowest BCUT2D eigenvalue weighted by molar-refractivity contribution is -0.142. The van der Waals surface area contributed by atoms with Gasteiger partial charge in [-0.05, 0) is 67.9 Å². The van der Waals surface area contributed by atoms with Gasteiger partial charge in [-0.15, -0.1) is 0 Å². The smallest absolute Gasteiger partial charge is 0.410 e. The highest BCUT2D eigenvalue weighted by Gasteiger charge is 2.32. The minimum absolute atomic E-state index is 0.0376. The van der Waals surface area contributed by atoms with E-state index in [-0.39, 0.29) is 31.1 Å². The van der Waals surface area contributed by atoms with Gasteiger partial charge in [-0.25, -0.2) is 9.59 Å². The highest BCUT2D eigenvalue weighted by molar-refractivity contribution is 6.35. The van der Waals surface area contributed by atoms with Crippen molar-refractivity contribution < 1.29 is 24.2 Å². The van der Waals surface area contributed by atoms with Gasteiger partial charge in [0.25, 0.3) is 0 Å². The van der Waals surface area contributed by atoms with Crippen LogP contribution in [0.15, 0.2) is 42.5 Å². The summed E-state index contributed by atoms with van der Waals surface area (Å²) in [4.78, 5) is 39.0. The van der Waals surface area contributed by atoms with Gasteiger partial charge in [-0.2, -0.15) is 0 Å². The number of likely N-dealkylation sites (tertiary alicyclic amines) is 1. The van der Waals surface area contributed by atoms with Crippen LogP contribution in [0, 0.1) is 5.92 Å². The summed E-state index contributed by atoms with van der Waals surface area (Å²) in [6.07, 6.45) is 4.88. The van der Waals surface area contributed by atoms with Gasteiger partial charge in [-0.1, -0.05) is 47.5 Å². The van der Waals surface area contributed by atoms with Crippen molar-refractivity contribution >= 4 is 41.2 Å². The molecule has 7 nitrogen and oxygen atoms in total. The predicted octanol–water partition coefficient (Wildman–Crippen LogP) is 5.56. The Morgan fingerprint density at radius 2 is 1.75 bits per heavy atom. The molecule has 1 aliphatic heterocycles. The third kappa shape index (κ3) is 6.71. The van der Waals surface area contributed by atoms with Crippen LogP contribution in [0.2, 0.25) is 10.0 Å². The summed E-state index contributed by atoms with van der Waals surface area (Å²) in [5.41, 5.74) is 2.40. The van der Waals surface area contributed by atoms with Crippen molar-refractivity contribution in [2.24, 2.45) is 5.92 Å². The molecule has 2 amide bonds. The van der Waals surface area contributed by atoms with Crippen molar-refractivity contribution in [2.75, 3.05) is 13.1 Å². The predicted molar refractivity (Wildman–Crippen MR) is 138 cm³/mol. The number of ether oxygens (including phenoxy) is 1. The van der Waals surface area contributed by atoms with E-state index >= 15 is 0 Å². The van der Waals surface area contributed by atoms with E-state index in [0.29, 0.717) is 29.4 Å². The molecule has 1 heterocycles. The maximum absolute atomic E-state index is 12.9. The Hall–Kier alpha value is -2.77. The van der Waals surface area contributed by atoms with Crippen LogP contribution in [0.1, 0.15) is 44.1 Å². The minimum atomic E-state index is -1.11. The van der Waals surface area contributed by atoms with Crippen molar-refractivity contribution in [1.82, 2.24) is 10.2 Å². The third-order valence-electron chi connectivity index (χ3n) is 6.87. The van der Waals surface area contributed by atoms with Gasteiger partial charge in [0.15, 0.2) is 0 Å². The Bertz CT molecular complexity index is 1100. The Balaban J connectivity index is 1.35. The molecule has 2 atom stereocenters. The average Bonchev–Trinajstić information content (AvgIpc) is 3.38. The van der Waals surface area contributed by atoms with Gasteiger partial charge in [0.1, 0.15) is 12.1 Å². The quantitative estimate of drug-likeness (QED) is 0.486. The largest absolute Gasteiger partial charge is 0.480 e. The fourth-order valence-corrected chi connectivity index (χ4v) is 5.24. The van der Waals surface area contributed by atoms with Crippen molar-refractivity contribution in [3.8, 4) is 11.1 Å². The lowest BCUT2D eigenvalue weighted by atomic mass is 9.96. The summed E-state index contributed by atoms with van der Waals surface area (Å²) in [5.74, 6) is -1.94. The van der Waals surface area contributed by atoms with Crippen molar-refractivity contribution in [3.05, 3.63) is 58.1 Å². The number of carbonyl (C=O) groups excluding carboxylic acids is 2. The summed E-state index contributed by atoms with van der Waals surface area (Å²) in [7, 11) is 0. The molecule has 0 spiro atoms. The Morgan fingerprint density at radius 1 is 1.03 bits per heavy atom. The number of nitrogens with one attached hydrogen (secondary N) is 1. The number of halogens is 2. The van der Waals surface area contributed by atoms with Gasteiger partial charge in [0.2, 0.25) is 5.91 Å². The summed E-state index contributed by atoms with van der Waals surface area (Å²) in [5, 5.41) is 13.6. The molecule has 2 aliphatic rings. The molecule has 2 aromatic rings. The first-order valence-corrected chi connectivity index (χ1v) is 13.1. The number of carboxylic acid groups (broad SMARTS) is 1. The molecule has 1 saturated heterocycles. The Labute approximate surface area is 220 Å². The number of benzene rings is 2. The van der Waals surface area contributed by atoms with Gasteiger partial charge in [0, 0.05) is 35.1 Å². The van der Waals surface area contributed by atoms with Crippen LogP contribution in [0.4, 0.5) is 4.79 Å². The van der Waals surface area contributed by atoms with E-state index in [1.54, 1.807) is 23.1 Å². The minimum Gasteiger partial charge on any atom is -0.480 e.